The number of carbonyl (C=O) groups excluding carboxylic acids is 1. The summed E-state index contributed by atoms with van der Waals surface area (Å²) >= 11 is 0. The first-order valence-corrected chi connectivity index (χ1v) is 8.31. The van der Waals surface area contributed by atoms with Gasteiger partial charge in [-0.05, 0) is 32.6 Å². The van der Waals surface area contributed by atoms with Crippen LogP contribution in [0.1, 0.15) is 44.2 Å². The third-order valence-corrected chi connectivity index (χ3v) is 4.62. The van der Waals surface area contributed by atoms with Gasteiger partial charge in [0.1, 0.15) is 12.1 Å². The molecule has 3 rings (SSSR count). The van der Waals surface area contributed by atoms with Gasteiger partial charge in [-0.2, -0.15) is 0 Å². The highest BCUT2D eigenvalue weighted by atomic mass is 16.2. The van der Waals surface area contributed by atoms with Crippen molar-refractivity contribution in [3.8, 4) is 0 Å². The molecule has 1 aliphatic heterocycles. The maximum atomic E-state index is 12.2. The van der Waals surface area contributed by atoms with E-state index in [9.17, 15) is 4.79 Å². The average Bonchev–Trinajstić information content (AvgIpc) is 3.01. The molecule has 0 aromatic carbocycles. The molecule has 1 saturated carbocycles. The molecule has 22 heavy (non-hydrogen) atoms. The number of aromatic nitrogens is 2. The van der Waals surface area contributed by atoms with Crippen molar-refractivity contribution in [2.75, 3.05) is 18.4 Å². The molecule has 1 aromatic rings. The quantitative estimate of drug-likeness (QED) is 0.899. The van der Waals surface area contributed by atoms with Gasteiger partial charge in [0.15, 0.2) is 0 Å². The minimum absolute atomic E-state index is 0.114. The molecule has 0 radical (unpaired) electrons. The Hall–Kier alpha value is -1.85. The molecular weight excluding hydrogens is 278 g/mol. The monoisotopic (exact) mass is 303 g/mol. The fourth-order valence-corrected chi connectivity index (χ4v) is 3.31. The number of hydrogen-bond acceptors (Lipinski definition) is 4. The zero-order valence-electron chi connectivity index (χ0n) is 13.2. The summed E-state index contributed by atoms with van der Waals surface area (Å²) in [6, 6.07) is 2.85. The summed E-state index contributed by atoms with van der Waals surface area (Å²) in [7, 11) is 0. The second-order valence-corrected chi connectivity index (χ2v) is 6.38. The minimum atomic E-state index is 0.114. The molecule has 2 aliphatic rings. The molecular formula is C16H25N5O. The van der Waals surface area contributed by atoms with Crippen LogP contribution in [0.25, 0.3) is 0 Å². The number of piperidine rings is 1. The summed E-state index contributed by atoms with van der Waals surface area (Å²) in [6.07, 6.45) is 8.27. The number of likely N-dealkylation sites (tertiary alicyclic amines) is 1. The maximum absolute atomic E-state index is 12.2. The molecule has 0 atom stereocenters. The highest BCUT2D eigenvalue weighted by molar-refractivity contribution is 5.74. The van der Waals surface area contributed by atoms with E-state index in [2.05, 4.69) is 20.6 Å². The number of urea groups is 1. The van der Waals surface area contributed by atoms with Crippen molar-refractivity contribution in [2.24, 2.45) is 0 Å². The summed E-state index contributed by atoms with van der Waals surface area (Å²) in [5, 5.41) is 6.61. The first kappa shape index (κ1) is 15.1. The van der Waals surface area contributed by atoms with Gasteiger partial charge in [-0.15, -0.1) is 0 Å². The van der Waals surface area contributed by atoms with Crippen LogP contribution in [0.3, 0.4) is 0 Å². The smallest absolute Gasteiger partial charge is 0.317 e. The number of anilines is 1. The van der Waals surface area contributed by atoms with Crippen LogP contribution in [0.2, 0.25) is 0 Å². The number of rotatable bonds is 3. The lowest BCUT2D eigenvalue weighted by Gasteiger charge is -2.33. The molecule has 0 bridgehead atoms. The van der Waals surface area contributed by atoms with Crippen LogP contribution in [-0.2, 0) is 0 Å². The molecule has 6 nitrogen and oxygen atoms in total. The van der Waals surface area contributed by atoms with Gasteiger partial charge in [-0.3, -0.25) is 0 Å². The number of aryl methyl sites for hydroxylation is 1. The molecule has 2 fully saturated rings. The largest absolute Gasteiger partial charge is 0.367 e. The Morgan fingerprint density at radius 3 is 2.55 bits per heavy atom. The van der Waals surface area contributed by atoms with Crippen molar-refractivity contribution in [1.82, 2.24) is 20.2 Å². The standard InChI is InChI=1S/C16H25N5O/c1-12-10-15(18-11-17-12)19-14-6-8-21(9-7-14)16(22)20-13-4-2-3-5-13/h10-11,13-14H,2-9H2,1H3,(H,20,22)(H,17,18,19). The molecule has 1 saturated heterocycles. The van der Waals surface area contributed by atoms with E-state index in [1.165, 1.54) is 12.8 Å². The van der Waals surface area contributed by atoms with Crippen LogP contribution in [0.15, 0.2) is 12.4 Å². The Kier molecular flexibility index (Phi) is 4.75. The topological polar surface area (TPSA) is 70.2 Å². The van der Waals surface area contributed by atoms with E-state index in [0.717, 1.165) is 50.3 Å². The summed E-state index contributed by atoms with van der Waals surface area (Å²) in [5.41, 5.74) is 0.964. The number of nitrogens with zero attached hydrogens (tertiary/aromatic N) is 3. The van der Waals surface area contributed by atoms with Crippen molar-refractivity contribution in [3.63, 3.8) is 0 Å². The third-order valence-electron chi connectivity index (χ3n) is 4.62. The fourth-order valence-electron chi connectivity index (χ4n) is 3.31. The summed E-state index contributed by atoms with van der Waals surface area (Å²) in [6.45, 7) is 3.57. The maximum Gasteiger partial charge on any atom is 0.317 e. The molecule has 1 aliphatic carbocycles. The summed E-state index contributed by atoms with van der Waals surface area (Å²) in [5.74, 6) is 0.876. The minimum Gasteiger partial charge on any atom is -0.367 e. The number of nitrogens with one attached hydrogen (secondary N) is 2. The second-order valence-electron chi connectivity index (χ2n) is 6.38. The van der Waals surface area contributed by atoms with Gasteiger partial charge >= 0.3 is 6.03 Å². The Morgan fingerprint density at radius 2 is 1.86 bits per heavy atom. The van der Waals surface area contributed by atoms with E-state index in [1.807, 2.05) is 17.9 Å². The van der Waals surface area contributed by atoms with Gasteiger partial charge in [0.2, 0.25) is 0 Å². The SMILES string of the molecule is Cc1cc(NC2CCN(C(=O)NC3CCCC3)CC2)ncn1. The summed E-state index contributed by atoms with van der Waals surface area (Å²) < 4.78 is 0. The summed E-state index contributed by atoms with van der Waals surface area (Å²) in [4.78, 5) is 22.5. The highest BCUT2D eigenvalue weighted by Gasteiger charge is 2.25. The third kappa shape index (κ3) is 3.87. The van der Waals surface area contributed by atoms with Crippen molar-refractivity contribution in [3.05, 3.63) is 18.1 Å². The van der Waals surface area contributed by atoms with E-state index in [-0.39, 0.29) is 6.03 Å². The van der Waals surface area contributed by atoms with Crippen LogP contribution >= 0.6 is 0 Å². The molecule has 120 valence electrons. The van der Waals surface area contributed by atoms with Gasteiger partial charge in [0.05, 0.1) is 0 Å². The van der Waals surface area contributed by atoms with Gasteiger partial charge in [-0.25, -0.2) is 14.8 Å². The van der Waals surface area contributed by atoms with E-state index < -0.39 is 0 Å². The first-order chi connectivity index (χ1) is 10.7. The lowest BCUT2D eigenvalue weighted by atomic mass is 10.1. The molecule has 2 heterocycles. The predicted molar refractivity (Wildman–Crippen MR) is 85.8 cm³/mol. The van der Waals surface area contributed by atoms with Crippen LogP contribution in [0, 0.1) is 6.92 Å². The zero-order valence-corrected chi connectivity index (χ0v) is 13.2. The van der Waals surface area contributed by atoms with Gasteiger partial charge in [-0.1, -0.05) is 12.8 Å². The molecule has 1 aromatic heterocycles. The van der Waals surface area contributed by atoms with Crippen molar-refractivity contribution in [1.29, 1.82) is 0 Å². The normalized spacial score (nSPS) is 20.1. The molecule has 0 unspecified atom stereocenters. The predicted octanol–water partition coefficient (Wildman–Crippen LogP) is 2.31. The van der Waals surface area contributed by atoms with E-state index >= 15 is 0 Å². The Balaban J connectivity index is 1.44. The Labute approximate surface area is 131 Å². The Morgan fingerprint density at radius 1 is 1.14 bits per heavy atom. The molecule has 2 amide bonds. The average molecular weight is 303 g/mol. The van der Waals surface area contributed by atoms with E-state index in [0.29, 0.717) is 12.1 Å². The van der Waals surface area contributed by atoms with Crippen molar-refractivity contribution < 1.29 is 4.79 Å². The van der Waals surface area contributed by atoms with E-state index in [4.69, 9.17) is 0 Å². The lowest BCUT2D eigenvalue weighted by molar-refractivity contribution is 0.180. The van der Waals surface area contributed by atoms with Crippen molar-refractivity contribution in [2.45, 2.75) is 57.5 Å². The zero-order chi connectivity index (χ0) is 15.4. The first-order valence-electron chi connectivity index (χ1n) is 8.31. The van der Waals surface area contributed by atoms with Gasteiger partial charge in [0.25, 0.3) is 0 Å². The van der Waals surface area contributed by atoms with Gasteiger partial charge in [0, 0.05) is 36.9 Å². The van der Waals surface area contributed by atoms with Crippen LogP contribution in [0.4, 0.5) is 10.6 Å². The molecule has 2 N–H and O–H groups in total. The molecule has 6 heteroatoms. The number of hydrogen-bond donors (Lipinski definition) is 2. The lowest BCUT2D eigenvalue weighted by Crippen LogP contribution is -2.49. The number of amides is 2. The van der Waals surface area contributed by atoms with Crippen LogP contribution in [0.5, 0.6) is 0 Å². The van der Waals surface area contributed by atoms with Crippen LogP contribution in [-0.4, -0.2) is 46.1 Å². The Bertz CT molecular complexity index is 507. The number of carbonyl (C=O) groups is 1. The van der Waals surface area contributed by atoms with Gasteiger partial charge < -0.3 is 15.5 Å². The van der Waals surface area contributed by atoms with Crippen LogP contribution < -0.4 is 10.6 Å². The second kappa shape index (κ2) is 6.94. The van der Waals surface area contributed by atoms with Crippen molar-refractivity contribution >= 4 is 11.8 Å². The fraction of sp³-hybridized carbons (Fsp3) is 0.688. The highest BCUT2D eigenvalue weighted by Crippen LogP contribution is 2.19. The van der Waals surface area contributed by atoms with E-state index in [1.54, 1.807) is 6.33 Å². The molecule has 0 spiro atoms.